The van der Waals surface area contributed by atoms with Gasteiger partial charge in [-0.2, -0.15) is 0 Å². The fourth-order valence-electron chi connectivity index (χ4n) is 2.00. The van der Waals surface area contributed by atoms with Crippen molar-refractivity contribution in [3.63, 3.8) is 0 Å². The van der Waals surface area contributed by atoms with Crippen LogP contribution in [0, 0.1) is 17.6 Å². The first kappa shape index (κ1) is 12.8. The van der Waals surface area contributed by atoms with Gasteiger partial charge < -0.3 is 10.6 Å². The molecule has 1 aromatic carbocycles. The van der Waals surface area contributed by atoms with Crippen molar-refractivity contribution >= 4 is 11.6 Å². The van der Waals surface area contributed by atoms with Gasteiger partial charge in [0.25, 0.3) is 5.91 Å². The maximum atomic E-state index is 13.6. The van der Waals surface area contributed by atoms with Crippen LogP contribution in [0.1, 0.15) is 30.1 Å². The molecule has 2 N–H and O–H groups in total. The molecule has 0 heterocycles. The lowest BCUT2D eigenvalue weighted by molar-refractivity contribution is 0.0722. The molecule has 0 saturated heterocycles. The maximum Gasteiger partial charge on any atom is 0.256 e. The van der Waals surface area contributed by atoms with E-state index in [1.165, 1.54) is 4.90 Å². The molecule has 1 fully saturated rings. The highest BCUT2D eigenvalue weighted by atomic mass is 19.1. The van der Waals surface area contributed by atoms with Gasteiger partial charge in [-0.3, -0.25) is 4.79 Å². The number of carbonyl (C=O) groups is 1. The van der Waals surface area contributed by atoms with E-state index in [1.807, 2.05) is 6.92 Å². The molecule has 0 radical (unpaired) electrons. The van der Waals surface area contributed by atoms with Gasteiger partial charge in [-0.05, 0) is 31.7 Å². The summed E-state index contributed by atoms with van der Waals surface area (Å²) in [6.07, 6.45) is 2.18. The zero-order chi connectivity index (χ0) is 13.4. The van der Waals surface area contributed by atoms with Crippen molar-refractivity contribution in [1.82, 2.24) is 4.90 Å². The summed E-state index contributed by atoms with van der Waals surface area (Å²) < 4.78 is 26.6. The lowest BCUT2D eigenvalue weighted by Crippen LogP contribution is -2.37. The summed E-state index contributed by atoms with van der Waals surface area (Å²) in [5.74, 6) is -1.69. The lowest BCUT2D eigenvalue weighted by atomic mass is 10.1. The van der Waals surface area contributed by atoms with E-state index in [1.54, 1.807) is 7.05 Å². The van der Waals surface area contributed by atoms with Crippen LogP contribution in [0.2, 0.25) is 0 Å². The van der Waals surface area contributed by atoms with E-state index in [4.69, 9.17) is 5.73 Å². The van der Waals surface area contributed by atoms with E-state index in [-0.39, 0.29) is 17.3 Å². The molecular weight excluding hydrogens is 238 g/mol. The van der Waals surface area contributed by atoms with E-state index in [2.05, 4.69) is 0 Å². The zero-order valence-electron chi connectivity index (χ0n) is 10.4. The second kappa shape index (κ2) is 4.55. The molecule has 1 atom stereocenters. The maximum absolute atomic E-state index is 13.6. The number of anilines is 1. The molecule has 1 aliphatic carbocycles. The van der Waals surface area contributed by atoms with Gasteiger partial charge in [-0.1, -0.05) is 0 Å². The first-order valence-corrected chi connectivity index (χ1v) is 5.93. The number of benzene rings is 1. The van der Waals surface area contributed by atoms with Gasteiger partial charge in [0.2, 0.25) is 0 Å². The van der Waals surface area contributed by atoms with Crippen LogP contribution in [0.25, 0.3) is 0 Å². The van der Waals surface area contributed by atoms with Crippen molar-refractivity contribution in [2.75, 3.05) is 12.8 Å². The number of hydrogen-bond donors (Lipinski definition) is 1. The summed E-state index contributed by atoms with van der Waals surface area (Å²) in [5.41, 5.74) is 4.97. The standard InChI is InChI=1S/C13H16F2N2O/c1-7(8-3-4-8)17(2)13(18)9-5-12(16)11(15)6-10(9)14/h5-8H,3-4,16H2,1-2H3. The normalized spacial score (nSPS) is 16.4. The Labute approximate surface area is 105 Å². The third-order valence-corrected chi connectivity index (χ3v) is 3.55. The average Bonchev–Trinajstić information content (AvgIpc) is 3.15. The Balaban J connectivity index is 2.25. The SMILES string of the molecule is CC(C1CC1)N(C)C(=O)c1cc(N)c(F)cc1F. The van der Waals surface area contributed by atoms with E-state index in [0.717, 1.165) is 18.9 Å². The molecule has 0 aliphatic heterocycles. The summed E-state index contributed by atoms with van der Waals surface area (Å²) in [4.78, 5) is 13.6. The molecule has 1 aromatic rings. The first-order chi connectivity index (χ1) is 8.41. The van der Waals surface area contributed by atoms with Gasteiger partial charge in [0, 0.05) is 19.2 Å². The summed E-state index contributed by atoms with van der Waals surface area (Å²) in [5, 5.41) is 0. The lowest BCUT2D eigenvalue weighted by Gasteiger charge is -2.25. The number of nitrogens with two attached hydrogens (primary N) is 1. The summed E-state index contributed by atoms with van der Waals surface area (Å²) in [7, 11) is 1.63. The Kier molecular flexibility index (Phi) is 3.24. The Bertz CT molecular complexity index is 486. The van der Waals surface area contributed by atoms with Gasteiger partial charge in [0.15, 0.2) is 0 Å². The molecular formula is C13H16F2N2O. The molecule has 1 saturated carbocycles. The van der Waals surface area contributed by atoms with Gasteiger partial charge in [0.1, 0.15) is 11.6 Å². The van der Waals surface area contributed by atoms with Crippen molar-refractivity contribution in [2.45, 2.75) is 25.8 Å². The average molecular weight is 254 g/mol. The largest absolute Gasteiger partial charge is 0.396 e. The summed E-state index contributed by atoms with van der Waals surface area (Å²) >= 11 is 0. The van der Waals surface area contributed by atoms with Crippen LogP contribution in [-0.4, -0.2) is 23.9 Å². The van der Waals surface area contributed by atoms with Crippen LogP contribution in [0.3, 0.4) is 0 Å². The highest BCUT2D eigenvalue weighted by Crippen LogP contribution is 2.35. The van der Waals surface area contributed by atoms with E-state index in [0.29, 0.717) is 12.0 Å². The first-order valence-electron chi connectivity index (χ1n) is 5.93. The zero-order valence-corrected chi connectivity index (χ0v) is 10.4. The van der Waals surface area contributed by atoms with E-state index >= 15 is 0 Å². The Morgan fingerprint density at radius 2 is 2.00 bits per heavy atom. The van der Waals surface area contributed by atoms with Crippen LogP contribution in [0.15, 0.2) is 12.1 Å². The molecule has 3 nitrogen and oxygen atoms in total. The minimum Gasteiger partial charge on any atom is -0.396 e. The third-order valence-electron chi connectivity index (χ3n) is 3.55. The van der Waals surface area contributed by atoms with Crippen LogP contribution >= 0.6 is 0 Å². The molecule has 0 aromatic heterocycles. The number of rotatable bonds is 3. The van der Waals surface area contributed by atoms with Crippen molar-refractivity contribution in [2.24, 2.45) is 5.92 Å². The van der Waals surface area contributed by atoms with Crippen molar-refractivity contribution in [3.8, 4) is 0 Å². The van der Waals surface area contributed by atoms with Crippen LogP contribution in [0.4, 0.5) is 14.5 Å². The highest BCUT2D eigenvalue weighted by molar-refractivity contribution is 5.95. The molecule has 18 heavy (non-hydrogen) atoms. The number of nitrogens with zero attached hydrogens (tertiary/aromatic N) is 1. The van der Waals surface area contributed by atoms with Crippen molar-refractivity contribution in [3.05, 3.63) is 29.3 Å². The van der Waals surface area contributed by atoms with Gasteiger partial charge >= 0.3 is 0 Å². The van der Waals surface area contributed by atoms with Gasteiger partial charge in [-0.15, -0.1) is 0 Å². The van der Waals surface area contributed by atoms with Crippen LogP contribution in [-0.2, 0) is 0 Å². The number of nitrogen functional groups attached to an aromatic ring is 1. The predicted octanol–water partition coefficient (Wildman–Crippen LogP) is 2.42. The number of halogens is 2. The molecule has 1 aliphatic rings. The highest BCUT2D eigenvalue weighted by Gasteiger charge is 2.33. The van der Waals surface area contributed by atoms with Gasteiger partial charge in [0.05, 0.1) is 11.3 Å². The topological polar surface area (TPSA) is 46.3 Å². The Morgan fingerprint density at radius 3 is 2.56 bits per heavy atom. The Hall–Kier alpha value is -1.65. The summed E-state index contributed by atoms with van der Waals surface area (Å²) in [6, 6.07) is 1.77. The van der Waals surface area contributed by atoms with Crippen LogP contribution < -0.4 is 5.73 Å². The van der Waals surface area contributed by atoms with E-state index < -0.39 is 17.5 Å². The molecule has 0 bridgehead atoms. The summed E-state index contributed by atoms with van der Waals surface area (Å²) in [6.45, 7) is 1.93. The fourth-order valence-corrected chi connectivity index (χ4v) is 2.00. The minimum atomic E-state index is -0.874. The van der Waals surface area contributed by atoms with Gasteiger partial charge in [-0.25, -0.2) is 8.78 Å². The Morgan fingerprint density at radius 1 is 1.39 bits per heavy atom. The fraction of sp³-hybridized carbons (Fsp3) is 0.462. The number of carbonyl (C=O) groups excluding carboxylic acids is 1. The second-order valence-corrected chi connectivity index (χ2v) is 4.85. The third kappa shape index (κ3) is 2.30. The smallest absolute Gasteiger partial charge is 0.256 e. The van der Waals surface area contributed by atoms with Crippen molar-refractivity contribution in [1.29, 1.82) is 0 Å². The van der Waals surface area contributed by atoms with Crippen molar-refractivity contribution < 1.29 is 13.6 Å². The number of amides is 1. The minimum absolute atomic E-state index is 0.0585. The molecule has 2 rings (SSSR count). The quantitative estimate of drug-likeness (QED) is 0.842. The monoisotopic (exact) mass is 254 g/mol. The molecule has 1 amide bonds. The van der Waals surface area contributed by atoms with Crippen LogP contribution in [0.5, 0.6) is 0 Å². The second-order valence-electron chi connectivity index (χ2n) is 4.85. The predicted molar refractivity (Wildman–Crippen MR) is 65.0 cm³/mol. The molecule has 0 spiro atoms. The molecule has 98 valence electrons. The molecule has 5 heteroatoms. The van der Waals surface area contributed by atoms with E-state index in [9.17, 15) is 13.6 Å². The molecule has 1 unspecified atom stereocenters. The number of hydrogen-bond acceptors (Lipinski definition) is 2.